The summed E-state index contributed by atoms with van der Waals surface area (Å²) in [6.07, 6.45) is 0.939. The third kappa shape index (κ3) is 3.69. The largest absolute Gasteiger partial charge is 0.350 e. The topological polar surface area (TPSA) is 32.3 Å². The van der Waals surface area contributed by atoms with Crippen LogP contribution in [0.4, 0.5) is 0 Å². The predicted octanol–water partition coefficient (Wildman–Crippen LogP) is 3.78. The highest BCUT2D eigenvalue weighted by Gasteiger charge is 2.23. The summed E-state index contributed by atoms with van der Waals surface area (Å²) in [5, 5.41) is 3.84. The van der Waals surface area contributed by atoms with Crippen molar-refractivity contribution in [1.29, 1.82) is 0 Å². The summed E-state index contributed by atoms with van der Waals surface area (Å²) in [5.74, 6) is -0.129. The minimum absolute atomic E-state index is 0.129. The smallest absolute Gasteiger partial charge is 0.251 e. The van der Waals surface area contributed by atoms with Crippen molar-refractivity contribution in [2.24, 2.45) is 0 Å². The van der Waals surface area contributed by atoms with Crippen molar-refractivity contribution in [3.8, 4) is 0 Å². The van der Waals surface area contributed by atoms with E-state index in [4.69, 9.17) is 23.2 Å². The molecule has 1 atom stereocenters. The van der Waals surface area contributed by atoms with Crippen LogP contribution in [0.5, 0.6) is 0 Å². The number of likely N-dealkylation sites (N-methyl/N-ethyl adjacent to an activating group) is 1. The monoisotopic (exact) mass is 348 g/mol. The first-order valence-corrected chi connectivity index (χ1v) is 8.30. The first-order valence-electron chi connectivity index (χ1n) is 7.55. The van der Waals surface area contributed by atoms with Crippen LogP contribution in [0.25, 0.3) is 0 Å². The SMILES string of the molecule is CN1Cc2ccccc2C[C@H]1CNC(=O)c1ccc(Cl)c(Cl)c1. The molecule has 0 fully saturated rings. The number of fused-ring (bicyclic) bond motifs is 1. The molecule has 120 valence electrons. The summed E-state index contributed by atoms with van der Waals surface area (Å²) in [6, 6.07) is 13.7. The Morgan fingerprint density at radius 2 is 1.91 bits per heavy atom. The van der Waals surface area contributed by atoms with E-state index in [1.165, 1.54) is 11.1 Å². The van der Waals surface area contributed by atoms with Crippen molar-refractivity contribution >= 4 is 29.1 Å². The van der Waals surface area contributed by atoms with Crippen molar-refractivity contribution < 1.29 is 4.79 Å². The van der Waals surface area contributed by atoms with E-state index in [1.807, 2.05) is 0 Å². The molecule has 1 aliphatic heterocycles. The van der Waals surface area contributed by atoms with Gasteiger partial charge in [0, 0.05) is 24.7 Å². The van der Waals surface area contributed by atoms with E-state index in [9.17, 15) is 4.79 Å². The Morgan fingerprint density at radius 3 is 2.65 bits per heavy atom. The minimum atomic E-state index is -0.129. The molecule has 1 amide bonds. The molecular weight excluding hydrogens is 331 g/mol. The first-order chi connectivity index (χ1) is 11.0. The molecule has 0 unspecified atom stereocenters. The number of nitrogens with one attached hydrogen (secondary N) is 1. The Morgan fingerprint density at radius 1 is 1.17 bits per heavy atom. The van der Waals surface area contributed by atoms with E-state index >= 15 is 0 Å². The Hall–Kier alpha value is -1.55. The second-order valence-corrected chi connectivity index (χ2v) is 6.70. The summed E-state index contributed by atoms with van der Waals surface area (Å²) >= 11 is 11.8. The fourth-order valence-corrected chi connectivity index (χ4v) is 3.19. The van der Waals surface area contributed by atoms with Gasteiger partial charge >= 0.3 is 0 Å². The fourth-order valence-electron chi connectivity index (χ4n) is 2.90. The molecule has 3 rings (SSSR count). The Bertz CT molecular complexity index is 733. The number of nitrogens with zero attached hydrogens (tertiary/aromatic N) is 1. The maximum atomic E-state index is 12.3. The predicted molar refractivity (Wildman–Crippen MR) is 94.2 cm³/mol. The van der Waals surface area contributed by atoms with E-state index in [-0.39, 0.29) is 11.9 Å². The van der Waals surface area contributed by atoms with E-state index in [0.717, 1.165) is 13.0 Å². The van der Waals surface area contributed by atoms with Crippen molar-refractivity contribution in [3.05, 3.63) is 69.2 Å². The van der Waals surface area contributed by atoms with Crippen molar-refractivity contribution in [3.63, 3.8) is 0 Å². The van der Waals surface area contributed by atoms with Gasteiger partial charge < -0.3 is 5.32 Å². The molecule has 5 heteroatoms. The summed E-state index contributed by atoms with van der Waals surface area (Å²) in [6.45, 7) is 1.51. The normalized spacial score (nSPS) is 17.6. The molecule has 3 nitrogen and oxygen atoms in total. The number of benzene rings is 2. The highest BCUT2D eigenvalue weighted by molar-refractivity contribution is 6.42. The van der Waals surface area contributed by atoms with Gasteiger partial charge in [0.25, 0.3) is 5.91 Å². The average Bonchev–Trinajstić information content (AvgIpc) is 2.55. The summed E-state index contributed by atoms with van der Waals surface area (Å²) < 4.78 is 0. The summed E-state index contributed by atoms with van der Waals surface area (Å²) in [5.41, 5.74) is 3.25. The molecule has 2 aromatic carbocycles. The van der Waals surface area contributed by atoms with Crippen LogP contribution >= 0.6 is 23.2 Å². The van der Waals surface area contributed by atoms with Crippen molar-refractivity contribution in [2.75, 3.05) is 13.6 Å². The summed E-state index contributed by atoms with van der Waals surface area (Å²) in [7, 11) is 2.09. The fraction of sp³-hybridized carbons (Fsp3) is 0.278. The highest BCUT2D eigenvalue weighted by Crippen LogP contribution is 2.23. The Kier molecular flexibility index (Phi) is 4.90. The number of rotatable bonds is 3. The van der Waals surface area contributed by atoms with Crippen LogP contribution < -0.4 is 5.32 Å². The van der Waals surface area contributed by atoms with Crippen LogP contribution in [-0.2, 0) is 13.0 Å². The number of hydrogen-bond donors (Lipinski definition) is 1. The minimum Gasteiger partial charge on any atom is -0.350 e. The first kappa shape index (κ1) is 16.3. The van der Waals surface area contributed by atoms with Crippen LogP contribution in [0.2, 0.25) is 10.0 Å². The number of carbonyl (C=O) groups excluding carboxylic acids is 1. The molecule has 1 heterocycles. The van der Waals surface area contributed by atoms with Crippen LogP contribution in [0.1, 0.15) is 21.5 Å². The molecule has 2 aromatic rings. The van der Waals surface area contributed by atoms with Crippen LogP contribution in [0.3, 0.4) is 0 Å². The highest BCUT2D eigenvalue weighted by atomic mass is 35.5. The number of hydrogen-bond acceptors (Lipinski definition) is 2. The van der Waals surface area contributed by atoms with Gasteiger partial charge in [-0.05, 0) is 42.8 Å². The van der Waals surface area contributed by atoms with Crippen LogP contribution in [-0.4, -0.2) is 30.4 Å². The molecule has 0 radical (unpaired) electrons. The van der Waals surface area contributed by atoms with Gasteiger partial charge in [-0.15, -0.1) is 0 Å². The lowest BCUT2D eigenvalue weighted by molar-refractivity contribution is 0.0934. The molecule has 0 aromatic heterocycles. The molecule has 0 saturated carbocycles. The maximum Gasteiger partial charge on any atom is 0.251 e. The second kappa shape index (κ2) is 6.91. The number of halogens is 2. The van der Waals surface area contributed by atoms with Gasteiger partial charge in [0.15, 0.2) is 0 Å². The lowest BCUT2D eigenvalue weighted by Gasteiger charge is -2.34. The molecule has 23 heavy (non-hydrogen) atoms. The molecule has 0 aliphatic carbocycles. The number of carbonyl (C=O) groups is 1. The van der Waals surface area contributed by atoms with Gasteiger partial charge in [-0.1, -0.05) is 47.5 Å². The van der Waals surface area contributed by atoms with E-state index < -0.39 is 0 Å². The molecule has 0 bridgehead atoms. The van der Waals surface area contributed by atoms with Gasteiger partial charge in [0.05, 0.1) is 10.0 Å². The van der Waals surface area contributed by atoms with E-state index in [2.05, 4.69) is 41.5 Å². The molecule has 0 spiro atoms. The maximum absolute atomic E-state index is 12.3. The van der Waals surface area contributed by atoms with Crippen molar-refractivity contribution in [2.45, 2.75) is 19.0 Å². The second-order valence-electron chi connectivity index (χ2n) is 5.88. The molecule has 0 saturated heterocycles. The van der Waals surface area contributed by atoms with Gasteiger partial charge in [-0.25, -0.2) is 0 Å². The zero-order chi connectivity index (χ0) is 16.4. The third-order valence-electron chi connectivity index (χ3n) is 4.30. The average molecular weight is 349 g/mol. The van der Waals surface area contributed by atoms with Gasteiger partial charge in [0.1, 0.15) is 0 Å². The van der Waals surface area contributed by atoms with E-state index in [0.29, 0.717) is 22.2 Å². The van der Waals surface area contributed by atoms with Crippen LogP contribution in [0.15, 0.2) is 42.5 Å². The molecular formula is C18H18Cl2N2O. The number of amides is 1. The third-order valence-corrected chi connectivity index (χ3v) is 5.04. The zero-order valence-corrected chi connectivity index (χ0v) is 14.4. The Balaban J connectivity index is 1.64. The quantitative estimate of drug-likeness (QED) is 0.915. The van der Waals surface area contributed by atoms with Crippen molar-refractivity contribution in [1.82, 2.24) is 10.2 Å². The van der Waals surface area contributed by atoms with Gasteiger partial charge in [-0.3, -0.25) is 9.69 Å². The van der Waals surface area contributed by atoms with E-state index in [1.54, 1.807) is 18.2 Å². The summed E-state index contributed by atoms with van der Waals surface area (Å²) in [4.78, 5) is 14.5. The van der Waals surface area contributed by atoms with Gasteiger partial charge in [-0.2, -0.15) is 0 Å². The standard InChI is InChI=1S/C18H18Cl2N2O/c1-22-11-14-5-3-2-4-12(14)8-15(22)10-21-18(23)13-6-7-16(19)17(20)9-13/h2-7,9,15H,8,10-11H2,1H3,(H,21,23)/t15-/m0/s1. The van der Waals surface area contributed by atoms with Gasteiger partial charge in [0.2, 0.25) is 0 Å². The molecule has 1 aliphatic rings. The lowest BCUT2D eigenvalue weighted by atomic mass is 9.94. The molecule has 1 N–H and O–H groups in total. The zero-order valence-electron chi connectivity index (χ0n) is 12.9. The van der Waals surface area contributed by atoms with Crippen LogP contribution in [0, 0.1) is 0 Å². The lowest BCUT2D eigenvalue weighted by Crippen LogP contribution is -2.45. The Labute approximate surface area is 146 Å².